The molecule has 110 valence electrons. The molecule has 1 fully saturated rings. The highest BCUT2D eigenvalue weighted by Gasteiger charge is 2.44. The second-order valence-electron chi connectivity index (χ2n) is 5.24. The van der Waals surface area contributed by atoms with Crippen LogP contribution in [0.15, 0.2) is 0 Å². The van der Waals surface area contributed by atoms with Crippen LogP contribution in [0.5, 0.6) is 0 Å². The van der Waals surface area contributed by atoms with Crippen LogP contribution >= 0.6 is 6.49 Å². The summed E-state index contributed by atoms with van der Waals surface area (Å²) < 4.78 is 16.4. The van der Waals surface area contributed by atoms with Gasteiger partial charge in [0.05, 0.1) is 12.7 Å². The molecular formula is C11H22BO5PS. The van der Waals surface area contributed by atoms with Gasteiger partial charge in [0.1, 0.15) is 26.2 Å². The van der Waals surface area contributed by atoms with Crippen molar-refractivity contribution in [2.75, 3.05) is 6.61 Å². The van der Waals surface area contributed by atoms with E-state index in [1.807, 2.05) is 13.8 Å². The van der Waals surface area contributed by atoms with Gasteiger partial charge in [-0.2, -0.15) is 0 Å². The summed E-state index contributed by atoms with van der Waals surface area (Å²) in [6, 6.07) is -0.854. The average molecular weight is 308 g/mol. The van der Waals surface area contributed by atoms with Crippen molar-refractivity contribution in [3.05, 3.63) is 0 Å². The molecule has 1 unspecified atom stereocenters. The fraction of sp³-hybridized carbons (Fsp3) is 1.00. The first-order chi connectivity index (χ1) is 8.65. The molecular weight excluding hydrogens is 286 g/mol. The van der Waals surface area contributed by atoms with Gasteiger partial charge in [-0.3, -0.25) is 0 Å². The van der Waals surface area contributed by atoms with Gasteiger partial charge in [-0.1, -0.05) is 13.8 Å². The van der Waals surface area contributed by atoms with Crippen molar-refractivity contribution >= 4 is 26.1 Å². The number of hydrogen-bond donors (Lipinski definition) is 2. The Labute approximate surface area is 121 Å². The first-order valence-corrected chi connectivity index (χ1v) is 9.11. The number of rotatable bonds is 6. The van der Waals surface area contributed by atoms with Crippen molar-refractivity contribution in [2.45, 2.75) is 63.8 Å². The molecule has 0 bridgehead atoms. The van der Waals surface area contributed by atoms with E-state index in [1.54, 1.807) is 13.8 Å². The Balaban J connectivity index is 2.72. The number of ether oxygens (including phenoxy) is 2. The molecule has 0 saturated carbocycles. The van der Waals surface area contributed by atoms with E-state index in [0.29, 0.717) is 0 Å². The maximum absolute atomic E-state index is 10.1. The normalized spacial score (nSPS) is 34.9. The molecule has 8 heteroatoms. The minimum atomic E-state index is -2.98. The van der Waals surface area contributed by atoms with E-state index >= 15 is 0 Å². The summed E-state index contributed by atoms with van der Waals surface area (Å²) in [5.41, 5.74) is -0.196. The highest BCUT2D eigenvalue weighted by Crippen LogP contribution is 2.50. The second kappa shape index (κ2) is 6.99. The molecule has 1 heterocycles. The maximum Gasteiger partial charge on any atom is 0.189 e. The minimum absolute atomic E-state index is 0.0282. The van der Waals surface area contributed by atoms with Gasteiger partial charge < -0.3 is 24.0 Å². The van der Waals surface area contributed by atoms with E-state index in [4.69, 9.17) is 33.7 Å². The molecule has 0 aliphatic carbocycles. The summed E-state index contributed by atoms with van der Waals surface area (Å²) in [6.07, 6.45) is -2.28. The molecule has 5 nitrogen and oxygen atoms in total. The lowest BCUT2D eigenvalue weighted by Crippen LogP contribution is -2.37. The largest absolute Gasteiger partial charge is 0.388 e. The molecule has 0 aromatic heterocycles. The lowest BCUT2D eigenvalue weighted by Gasteiger charge is -2.28. The topological polar surface area (TPSA) is 68.2 Å². The zero-order valence-corrected chi connectivity index (χ0v) is 13.4. The van der Waals surface area contributed by atoms with Crippen LogP contribution in [0.25, 0.3) is 0 Å². The zero-order valence-electron chi connectivity index (χ0n) is 11.7. The summed E-state index contributed by atoms with van der Waals surface area (Å²) in [5, 5.41) is 9.97. The van der Waals surface area contributed by atoms with Crippen LogP contribution in [0.2, 0.25) is 0 Å². The van der Waals surface area contributed by atoms with Crippen LogP contribution in [-0.2, 0) is 25.8 Å². The molecule has 5 atom stereocenters. The highest BCUT2D eigenvalue weighted by molar-refractivity contribution is 8.09. The standard InChI is InChI=1S/C11H22BO5PS/c1-6(2)15-5-8-10(9(13)11(12)16-8)17-18(14,19)7(3)4/h6-11,13H,5H2,1-4H3,(H,14,19)/t8-,9+,10-,11-,18?/m1/s1. The third-order valence-electron chi connectivity index (χ3n) is 2.89. The van der Waals surface area contributed by atoms with Crippen LogP contribution in [0.4, 0.5) is 0 Å². The Kier molecular flexibility index (Phi) is 6.46. The van der Waals surface area contributed by atoms with Crippen molar-refractivity contribution in [2.24, 2.45) is 0 Å². The maximum atomic E-state index is 10.1. The molecule has 0 amide bonds. The Hall–Kier alpha value is 0.515. The summed E-state index contributed by atoms with van der Waals surface area (Å²) in [4.78, 5) is 10.1. The number of aliphatic hydroxyl groups is 1. The zero-order chi connectivity index (χ0) is 14.8. The van der Waals surface area contributed by atoms with Gasteiger partial charge in [0.25, 0.3) is 0 Å². The van der Waals surface area contributed by atoms with E-state index in [2.05, 4.69) is 0 Å². The highest BCUT2D eigenvalue weighted by atomic mass is 32.5. The molecule has 0 aromatic carbocycles. The van der Waals surface area contributed by atoms with Gasteiger partial charge in [-0.25, -0.2) is 0 Å². The van der Waals surface area contributed by atoms with Gasteiger partial charge >= 0.3 is 0 Å². The van der Waals surface area contributed by atoms with E-state index in [9.17, 15) is 10.00 Å². The Morgan fingerprint density at radius 1 is 1.37 bits per heavy atom. The Bertz CT molecular complexity index is 341. The minimum Gasteiger partial charge on any atom is -0.388 e. The first kappa shape index (κ1) is 17.6. The number of aliphatic hydroxyl groups excluding tert-OH is 1. The smallest absolute Gasteiger partial charge is 0.189 e. The Morgan fingerprint density at radius 3 is 2.42 bits per heavy atom. The lowest BCUT2D eigenvalue weighted by molar-refractivity contribution is -0.0426. The average Bonchev–Trinajstić information content (AvgIpc) is 2.53. The number of hydrogen-bond acceptors (Lipinski definition) is 5. The predicted octanol–water partition coefficient (Wildman–Crippen LogP) is 0.761. The molecule has 1 aliphatic heterocycles. The lowest BCUT2D eigenvalue weighted by atomic mass is 9.93. The Morgan fingerprint density at radius 2 is 1.95 bits per heavy atom. The van der Waals surface area contributed by atoms with E-state index in [0.717, 1.165) is 0 Å². The van der Waals surface area contributed by atoms with Crippen LogP contribution in [0, 0.1) is 0 Å². The van der Waals surface area contributed by atoms with Gasteiger partial charge in [-0.05, 0) is 25.7 Å². The van der Waals surface area contributed by atoms with Gasteiger partial charge in [-0.15, -0.1) is 0 Å². The third-order valence-corrected chi connectivity index (χ3v) is 6.26. The quantitative estimate of drug-likeness (QED) is 0.558. The van der Waals surface area contributed by atoms with Gasteiger partial charge in [0, 0.05) is 11.7 Å². The molecule has 19 heavy (non-hydrogen) atoms. The summed E-state index contributed by atoms with van der Waals surface area (Å²) in [5.74, 6) is 0. The monoisotopic (exact) mass is 308 g/mol. The fourth-order valence-electron chi connectivity index (χ4n) is 1.61. The van der Waals surface area contributed by atoms with Crippen molar-refractivity contribution in [3.63, 3.8) is 0 Å². The van der Waals surface area contributed by atoms with E-state index < -0.39 is 30.8 Å². The van der Waals surface area contributed by atoms with Crippen LogP contribution in [0.1, 0.15) is 27.7 Å². The van der Waals surface area contributed by atoms with E-state index in [1.165, 1.54) is 0 Å². The van der Waals surface area contributed by atoms with Crippen molar-refractivity contribution in [1.29, 1.82) is 0 Å². The molecule has 0 aromatic rings. The van der Waals surface area contributed by atoms with Crippen LogP contribution in [0.3, 0.4) is 0 Å². The van der Waals surface area contributed by atoms with E-state index in [-0.39, 0.29) is 18.4 Å². The van der Waals surface area contributed by atoms with Crippen LogP contribution in [-0.4, -0.2) is 60.5 Å². The van der Waals surface area contributed by atoms with Crippen molar-refractivity contribution < 1.29 is 24.0 Å². The van der Waals surface area contributed by atoms with Crippen LogP contribution < -0.4 is 0 Å². The summed E-state index contributed by atoms with van der Waals surface area (Å²) >= 11 is 5.08. The SMILES string of the molecule is [B][C@@H]1O[C@H](COC(C)C)[C@@H](OP(O)(=S)C(C)C)[C@@H]1O. The van der Waals surface area contributed by atoms with Crippen molar-refractivity contribution in [1.82, 2.24) is 0 Å². The molecule has 2 N–H and O–H groups in total. The van der Waals surface area contributed by atoms with Gasteiger partial charge in [0.15, 0.2) is 6.49 Å². The predicted molar refractivity (Wildman–Crippen MR) is 78.0 cm³/mol. The third kappa shape index (κ3) is 4.78. The summed E-state index contributed by atoms with van der Waals surface area (Å²) in [6.45, 7) is 4.61. The first-order valence-electron chi connectivity index (χ1n) is 6.36. The molecule has 2 radical (unpaired) electrons. The molecule has 1 aliphatic rings. The van der Waals surface area contributed by atoms with Gasteiger partial charge in [0.2, 0.25) is 0 Å². The molecule has 1 rings (SSSR count). The molecule has 1 saturated heterocycles. The fourth-order valence-corrected chi connectivity index (χ4v) is 2.77. The van der Waals surface area contributed by atoms with Crippen molar-refractivity contribution in [3.8, 4) is 0 Å². The molecule has 0 spiro atoms. The summed E-state index contributed by atoms with van der Waals surface area (Å²) in [7, 11) is 5.65. The second-order valence-corrected chi connectivity index (χ2v) is 9.18.